The number of carbonyl (C=O) groups is 1. The van der Waals surface area contributed by atoms with Gasteiger partial charge in [0.2, 0.25) is 6.43 Å². The van der Waals surface area contributed by atoms with Gasteiger partial charge in [0.1, 0.15) is 0 Å². The normalized spacial score (nSPS) is 43.4. The van der Waals surface area contributed by atoms with E-state index < -0.39 is 34.7 Å². The molecule has 9 heteroatoms. The van der Waals surface area contributed by atoms with Crippen LogP contribution < -0.4 is 5.32 Å². The molecule has 124 valence electrons. The highest BCUT2D eigenvalue weighted by Gasteiger charge is 2.62. The zero-order chi connectivity index (χ0) is 16.3. The SMILES string of the molecule is CC1(C(F)(F)F)SC(=NC2CC3(C(F)F)CCC2C3)NC1=O. The van der Waals surface area contributed by atoms with Gasteiger partial charge in [-0.2, -0.15) is 13.2 Å². The highest BCUT2D eigenvalue weighted by Crippen LogP contribution is 2.58. The highest BCUT2D eigenvalue weighted by atomic mass is 32.2. The maximum Gasteiger partial charge on any atom is 0.412 e. The Bertz CT molecular complexity index is 537. The van der Waals surface area contributed by atoms with E-state index in [1.54, 1.807) is 0 Å². The van der Waals surface area contributed by atoms with Crippen molar-refractivity contribution in [1.82, 2.24) is 5.32 Å². The molecule has 4 unspecified atom stereocenters. The second-order valence-corrected chi connectivity index (χ2v) is 7.87. The van der Waals surface area contributed by atoms with Crippen LogP contribution in [0.5, 0.6) is 0 Å². The minimum atomic E-state index is -4.70. The number of nitrogens with one attached hydrogen (secondary N) is 1. The van der Waals surface area contributed by atoms with Crippen molar-refractivity contribution < 1.29 is 26.7 Å². The maximum atomic E-state index is 13.2. The minimum absolute atomic E-state index is 0.0308. The fourth-order valence-corrected chi connectivity index (χ4v) is 4.59. The number of thioether (sulfide) groups is 1. The van der Waals surface area contributed by atoms with Gasteiger partial charge in [0, 0.05) is 5.41 Å². The summed E-state index contributed by atoms with van der Waals surface area (Å²) in [6.07, 6.45) is -5.54. The van der Waals surface area contributed by atoms with Crippen molar-refractivity contribution in [3.05, 3.63) is 0 Å². The Balaban J connectivity index is 1.77. The lowest BCUT2D eigenvalue weighted by Crippen LogP contribution is -2.46. The first-order chi connectivity index (χ1) is 10.1. The summed E-state index contributed by atoms with van der Waals surface area (Å²) in [7, 11) is 0. The van der Waals surface area contributed by atoms with E-state index in [2.05, 4.69) is 10.3 Å². The van der Waals surface area contributed by atoms with Crippen molar-refractivity contribution in [1.29, 1.82) is 0 Å². The van der Waals surface area contributed by atoms with Crippen LogP contribution >= 0.6 is 11.8 Å². The maximum absolute atomic E-state index is 13.2. The van der Waals surface area contributed by atoms with E-state index in [0.29, 0.717) is 31.0 Å². The molecule has 1 saturated heterocycles. The molecule has 0 aromatic rings. The number of rotatable bonds is 2. The molecular formula is C13H15F5N2OS. The Hall–Kier alpha value is -0.860. The lowest BCUT2D eigenvalue weighted by atomic mass is 9.83. The molecule has 0 aromatic heterocycles. The molecule has 0 radical (unpaired) electrons. The molecule has 1 N–H and O–H groups in total. The molecule has 0 aromatic carbocycles. The summed E-state index contributed by atoms with van der Waals surface area (Å²) < 4.78 is 62.7. The Morgan fingerprint density at radius 1 is 1.36 bits per heavy atom. The van der Waals surface area contributed by atoms with Crippen molar-refractivity contribution in [2.75, 3.05) is 0 Å². The van der Waals surface area contributed by atoms with Crippen molar-refractivity contribution in [2.24, 2.45) is 16.3 Å². The summed E-state index contributed by atoms with van der Waals surface area (Å²) in [5.74, 6) is -1.19. The number of alkyl halides is 5. The van der Waals surface area contributed by atoms with Crippen LogP contribution in [0.15, 0.2) is 4.99 Å². The molecule has 3 nitrogen and oxygen atoms in total. The van der Waals surface area contributed by atoms with Gasteiger partial charge in [0.05, 0.1) is 6.04 Å². The van der Waals surface area contributed by atoms with Gasteiger partial charge in [-0.15, -0.1) is 0 Å². The molecule has 0 spiro atoms. The Labute approximate surface area is 128 Å². The van der Waals surface area contributed by atoms with Crippen LogP contribution in [0.1, 0.15) is 32.6 Å². The first-order valence-corrected chi connectivity index (χ1v) is 7.82. The molecule has 4 atom stereocenters. The van der Waals surface area contributed by atoms with Crippen molar-refractivity contribution in [3.8, 4) is 0 Å². The Morgan fingerprint density at radius 3 is 2.55 bits per heavy atom. The van der Waals surface area contributed by atoms with Crippen molar-refractivity contribution >= 4 is 22.8 Å². The van der Waals surface area contributed by atoms with E-state index in [1.807, 2.05) is 0 Å². The van der Waals surface area contributed by atoms with Crippen LogP contribution in [-0.4, -0.2) is 34.5 Å². The number of halogens is 5. The Morgan fingerprint density at radius 2 is 2.05 bits per heavy atom. The second-order valence-electron chi connectivity index (χ2n) is 6.46. The largest absolute Gasteiger partial charge is 0.412 e. The van der Waals surface area contributed by atoms with Crippen LogP contribution in [0.2, 0.25) is 0 Å². The molecule has 1 aliphatic heterocycles. The number of amides is 1. The number of carbonyl (C=O) groups excluding carboxylic acids is 1. The predicted molar refractivity (Wildman–Crippen MR) is 71.8 cm³/mol. The Kier molecular flexibility index (Phi) is 3.51. The van der Waals surface area contributed by atoms with Gasteiger partial charge >= 0.3 is 6.18 Å². The number of hydrogen-bond acceptors (Lipinski definition) is 3. The molecule has 1 amide bonds. The van der Waals surface area contributed by atoms with Gasteiger partial charge in [-0.3, -0.25) is 9.79 Å². The van der Waals surface area contributed by atoms with Gasteiger partial charge in [-0.25, -0.2) is 8.78 Å². The number of nitrogens with zero attached hydrogens (tertiary/aromatic N) is 1. The third-order valence-electron chi connectivity index (χ3n) is 5.08. The molecule has 2 bridgehead atoms. The summed E-state index contributed by atoms with van der Waals surface area (Å²) >= 11 is 0.326. The number of hydrogen-bond donors (Lipinski definition) is 1. The van der Waals surface area contributed by atoms with Crippen LogP contribution in [0.3, 0.4) is 0 Å². The molecule has 3 aliphatic rings. The highest BCUT2D eigenvalue weighted by molar-refractivity contribution is 8.16. The van der Waals surface area contributed by atoms with E-state index in [1.165, 1.54) is 0 Å². The van der Waals surface area contributed by atoms with Crippen LogP contribution in [-0.2, 0) is 4.79 Å². The average molecular weight is 342 g/mol. The van der Waals surface area contributed by atoms with Crippen molar-refractivity contribution in [3.63, 3.8) is 0 Å². The van der Waals surface area contributed by atoms with Gasteiger partial charge in [-0.1, -0.05) is 11.8 Å². The fourth-order valence-electron chi connectivity index (χ4n) is 3.61. The predicted octanol–water partition coefficient (Wildman–Crippen LogP) is 3.35. The van der Waals surface area contributed by atoms with Gasteiger partial charge < -0.3 is 5.32 Å². The summed E-state index contributed by atoms with van der Waals surface area (Å²) in [6, 6.07) is -0.430. The number of aliphatic imine (C=N–C) groups is 1. The summed E-state index contributed by atoms with van der Waals surface area (Å²) in [6.45, 7) is 0.803. The fraction of sp³-hybridized carbons (Fsp3) is 0.846. The third-order valence-corrected chi connectivity index (χ3v) is 6.31. The topological polar surface area (TPSA) is 41.5 Å². The van der Waals surface area contributed by atoms with E-state index >= 15 is 0 Å². The quantitative estimate of drug-likeness (QED) is 0.782. The lowest BCUT2D eigenvalue weighted by molar-refractivity contribution is -0.166. The standard InChI is InChI=1S/C13H15F5N2OS/c1-11(13(16,17)18)9(21)20-10(22-11)19-7-5-12(8(14)15)3-2-6(7)4-12/h6-8H,2-5H2,1H3,(H,19,20,21). The number of fused-ring (bicyclic) bond motifs is 2. The monoisotopic (exact) mass is 342 g/mol. The van der Waals surface area contributed by atoms with E-state index in [4.69, 9.17) is 0 Å². The third kappa shape index (κ3) is 2.23. The van der Waals surface area contributed by atoms with Crippen LogP contribution in [0.25, 0.3) is 0 Å². The first kappa shape index (κ1) is 16.0. The van der Waals surface area contributed by atoms with Gasteiger partial charge in [0.25, 0.3) is 5.91 Å². The molecule has 3 rings (SSSR count). The minimum Gasteiger partial charge on any atom is -0.304 e. The zero-order valence-electron chi connectivity index (χ0n) is 11.7. The molecule has 3 fully saturated rings. The summed E-state index contributed by atoms with van der Waals surface area (Å²) in [4.78, 5) is 15.8. The zero-order valence-corrected chi connectivity index (χ0v) is 12.5. The van der Waals surface area contributed by atoms with E-state index in [9.17, 15) is 26.7 Å². The second kappa shape index (κ2) is 4.82. The van der Waals surface area contributed by atoms with Crippen LogP contribution in [0.4, 0.5) is 22.0 Å². The molecular weight excluding hydrogens is 327 g/mol. The van der Waals surface area contributed by atoms with Gasteiger partial charge in [0.15, 0.2) is 9.91 Å². The molecule has 2 aliphatic carbocycles. The summed E-state index contributed by atoms with van der Waals surface area (Å²) in [5.41, 5.74) is -1.04. The van der Waals surface area contributed by atoms with E-state index in [-0.39, 0.29) is 17.5 Å². The molecule has 1 heterocycles. The smallest absolute Gasteiger partial charge is 0.304 e. The van der Waals surface area contributed by atoms with Gasteiger partial charge in [-0.05, 0) is 38.5 Å². The lowest BCUT2D eigenvalue weighted by Gasteiger charge is -2.27. The summed E-state index contributed by atoms with van der Waals surface area (Å²) in [5, 5.41) is 2.04. The number of amidine groups is 1. The average Bonchev–Trinajstić information content (AvgIpc) is 3.03. The first-order valence-electron chi connectivity index (χ1n) is 7.00. The van der Waals surface area contributed by atoms with E-state index in [0.717, 1.165) is 6.92 Å². The molecule has 2 saturated carbocycles. The molecule has 22 heavy (non-hydrogen) atoms. The van der Waals surface area contributed by atoms with Crippen molar-refractivity contribution in [2.45, 2.75) is 56.0 Å². The van der Waals surface area contributed by atoms with Crippen LogP contribution in [0, 0.1) is 11.3 Å².